The molecule has 2 unspecified atom stereocenters. The van der Waals surface area contributed by atoms with Crippen molar-refractivity contribution in [3.63, 3.8) is 0 Å². The lowest BCUT2D eigenvalue weighted by atomic mass is 9.98. The molecule has 2 fully saturated rings. The van der Waals surface area contributed by atoms with Crippen molar-refractivity contribution in [1.29, 1.82) is 0 Å². The molecule has 12 heteroatoms. The van der Waals surface area contributed by atoms with E-state index < -0.39 is 49.5 Å². The molecule has 4 rings (SSSR count). The van der Waals surface area contributed by atoms with E-state index in [1.807, 2.05) is 35.3 Å². The number of hydrogen-bond acceptors (Lipinski definition) is 7. The Morgan fingerprint density at radius 2 is 2.03 bits per heavy atom. The maximum absolute atomic E-state index is 15.3. The van der Waals surface area contributed by atoms with Crippen molar-refractivity contribution in [1.82, 2.24) is 14.4 Å². The minimum atomic E-state index is -3.70. The van der Waals surface area contributed by atoms with Crippen LogP contribution in [0.5, 0.6) is 0 Å². The number of aromatic nitrogens is 2. The van der Waals surface area contributed by atoms with Gasteiger partial charge in [0.1, 0.15) is 12.2 Å². The predicted octanol–water partition coefficient (Wildman–Crippen LogP) is 1.61. The molecule has 10 nitrogen and oxygen atoms in total. The van der Waals surface area contributed by atoms with Gasteiger partial charge in [-0.05, 0) is 24.8 Å². The van der Waals surface area contributed by atoms with Crippen molar-refractivity contribution in [3.8, 4) is 0 Å². The van der Waals surface area contributed by atoms with Crippen LogP contribution in [0.4, 0.5) is 4.39 Å². The molecule has 2 aromatic rings. The number of nitrogens with one attached hydrogen (secondary N) is 1. The number of alkyl halides is 1. The van der Waals surface area contributed by atoms with Crippen LogP contribution in [0.25, 0.3) is 0 Å². The van der Waals surface area contributed by atoms with Gasteiger partial charge in [-0.15, -0.1) is 4.83 Å². The Bertz CT molecular complexity index is 1120. The third kappa shape index (κ3) is 4.24. The van der Waals surface area contributed by atoms with Crippen molar-refractivity contribution in [2.45, 2.75) is 43.4 Å². The van der Waals surface area contributed by atoms with Crippen LogP contribution >= 0.6 is 7.52 Å². The Kier molecular flexibility index (Phi) is 6.23. The van der Waals surface area contributed by atoms with E-state index in [-0.39, 0.29) is 18.6 Å². The van der Waals surface area contributed by atoms with Crippen molar-refractivity contribution in [2.24, 2.45) is 0 Å². The molecule has 1 aromatic heterocycles. The minimum absolute atomic E-state index is 0.0476. The van der Waals surface area contributed by atoms with Gasteiger partial charge in [-0.1, -0.05) is 30.3 Å². The summed E-state index contributed by atoms with van der Waals surface area (Å²) in [4.78, 5) is 26.0. The van der Waals surface area contributed by atoms with Gasteiger partial charge >= 0.3 is 5.69 Å². The van der Waals surface area contributed by atoms with Crippen molar-refractivity contribution >= 4 is 7.52 Å². The Labute approximate surface area is 182 Å². The molecule has 3 heterocycles. The highest BCUT2D eigenvalue weighted by Gasteiger charge is 2.56. The number of benzene rings is 1. The molecule has 0 spiro atoms. The highest BCUT2D eigenvalue weighted by Crippen LogP contribution is 2.57. The first kappa shape index (κ1) is 23.0. The van der Waals surface area contributed by atoms with E-state index in [9.17, 15) is 24.5 Å². The molecule has 2 aliphatic rings. The largest absolute Gasteiger partial charge is 0.387 e. The van der Waals surface area contributed by atoms with E-state index in [0.717, 1.165) is 29.3 Å². The third-order valence-corrected chi connectivity index (χ3v) is 8.37. The molecule has 2 saturated heterocycles. The van der Waals surface area contributed by atoms with Crippen LogP contribution in [-0.4, -0.2) is 61.9 Å². The van der Waals surface area contributed by atoms with Gasteiger partial charge in [0.05, 0.1) is 6.61 Å². The van der Waals surface area contributed by atoms with E-state index in [4.69, 9.17) is 9.26 Å². The van der Waals surface area contributed by atoms with Crippen molar-refractivity contribution in [3.05, 3.63) is 69.0 Å². The zero-order valence-electron chi connectivity index (χ0n) is 17.3. The summed E-state index contributed by atoms with van der Waals surface area (Å²) in [5, 5.41) is 20.7. The van der Waals surface area contributed by atoms with Crippen LogP contribution in [-0.2, 0) is 13.8 Å². The first-order chi connectivity index (χ1) is 15.1. The molecular formula is C20H25FN3O7P. The van der Waals surface area contributed by atoms with Gasteiger partial charge in [-0.2, -0.15) is 0 Å². The minimum Gasteiger partial charge on any atom is -0.387 e. The van der Waals surface area contributed by atoms with E-state index in [1.54, 1.807) is 0 Å². The molecule has 0 aliphatic carbocycles. The van der Waals surface area contributed by atoms with Gasteiger partial charge in [0.15, 0.2) is 11.9 Å². The monoisotopic (exact) mass is 469 g/mol. The highest BCUT2D eigenvalue weighted by atomic mass is 31.2. The maximum atomic E-state index is 15.3. The molecule has 0 bridgehead atoms. The Morgan fingerprint density at radius 3 is 2.72 bits per heavy atom. The molecule has 0 saturated carbocycles. The van der Waals surface area contributed by atoms with Crippen LogP contribution < -0.4 is 11.2 Å². The van der Waals surface area contributed by atoms with E-state index in [1.165, 1.54) is 0 Å². The SMILES string of the molecule is C[C@@]1(F)[C@H](O)[C@@H](COP2(=O)CC(c3ccccc3)CCN2O)O[C@@H]1n1ccc(=O)[nH]c1=O. The fourth-order valence-electron chi connectivity index (χ4n) is 4.16. The zero-order chi connectivity index (χ0) is 23.1. The van der Waals surface area contributed by atoms with Crippen LogP contribution in [0.2, 0.25) is 0 Å². The van der Waals surface area contributed by atoms with Crippen molar-refractivity contribution in [2.75, 3.05) is 19.3 Å². The second-order valence-corrected chi connectivity index (χ2v) is 10.6. The van der Waals surface area contributed by atoms with Crippen LogP contribution in [0.1, 0.15) is 31.1 Å². The summed E-state index contributed by atoms with van der Waals surface area (Å²) in [6.45, 7) is 0.721. The van der Waals surface area contributed by atoms with Gasteiger partial charge < -0.3 is 19.6 Å². The first-order valence-corrected chi connectivity index (χ1v) is 12.0. The number of aromatic amines is 1. The molecule has 0 radical (unpaired) electrons. The van der Waals surface area contributed by atoms with E-state index in [2.05, 4.69) is 0 Å². The smallest absolute Gasteiger partial charge is 0.330 e. The zero-order valence-corrected chi connectivity index (χ0v) is 18.2. The van der Waals surface area contributed by atoms with E-state index in [0.29, 0.717) is 11.3 Å². The molecular weight excluding hydrogens is 444 g/mol. The Morgan fingerprint density at radius 1 is 1.31 bits per heavy atom. The Hall–Kier alpha value is -2.14. The average Bonchev–Trinajstić information content (AvgIpc) is 2.98. The highest BCUT2D eigenvalue weighted by molar-refractivity contribution is 7.56. The Balaban J connectivity index is 1.49. The number of aliphatic hydroxyl groups excluding tert-OH is 1. The summed E-state index contributed by atoms with van der Waals surface area (Å²) < 4.78 is 40.6. The van der Waals surface area contributed by atoms with Gasteiger partial charge in [0.25, 0.3) is 13.1 Å². The fourth-order valence-corrected chi connectivity index (χ4v) is 6.33. The van der Waals surface area contributed by atoms with Gasteiger partial charge in [-0.25, -0.2) is 9.18 Å². The second kappa shape index (κ2) is 8.66. The van der Waals surface area contributed by atoms with Gasteiger partial charge in [0.2, 0.25) is 0 Å². The lowest BCUT2D eigenvalue weighted by molar-refractivity contribution is -0.0658. The number of ether oxygens (including phenoxy) is 1. The summed E-state index contributed by atoms with van der Waals surface area (Å²) in [6.07, 6.45) is -2.81. The quantitative estimate of drug-likeness (QED) is 0.563. The molecule has 0 amide bonds. The summed E-state index contributed by atoms with van der Waals surface area (Å²) in [5.41, 5.74) is -2.98. The summed E-state index contributed by atoms with van der Waals surface area (Å²) in [6, 6.07) is 10.5. The standard InChI is InChI=1S/C20H25FN3O7P/c1-20(21)17(26)15(31-18(20)23-9-8-16(25)22-19(23)27)11-30-32(29)12-14(7-10-24(32)28)13-5-3-2-4-6-13/h2-6,8-9,14-15,17-18,26,28H,7,10-12H2,1H3,(H,22,25,27)/t14?,15-,17-,18+,20-,32?/m1/s1. The number of H-pyrrole nitrogens is 1. The maximum Gasteiger partial charge on any atom is 0.330 e. The van der Waals surface area contributed by atoms with Crippen molar-refractivity contribution < 1.29 is 28.5 Å². The molecule has 2 aliphatic heterocycles. The molecule has 1 aromatic carbocycles. The number of nitrogens with zero attached hydrogens (tertiary/aromatic N) is 2. The number of rotatable bonds is 5. The average molecular weight is 469 g/mol. The molecule has 32 heavy (non-hydrogen) atoms. The number of hydroxylamine groups is 1. The molecule has 3 N–H and O–H groups in total. The number of hydrogen-bond donors (Lipinski definition) is 3. The predicted molar refractivity (Wildman–Crippen MR) is 111 cm³/mol. The number of halogens is 1. The topological polar surface area (TPSA) is 134 Å². The molecule has 174 valence electrons. The van der Waals surface area contributed by atoms with E-state index >= 15 is 4.39 Å². The normalized spacial score (nSPS) is 35.8. The lowest BCUT2D eigenvalue weighted by Crippen LogP contribution is -2.43. The lowest BCUT2D eigenvalue weighted by Gasteiger charge is -2.35. The summed E-state index contributed by atoms with van der Waals surface area (Å²) >= 11 is 0. The van der Waals surface area contributed by atoms with Crippen LogP contribution in [0, 0.1) is 0 Å². The summed E-state index contributed by atoms with van der Waals surface area (Å²) in [5.74, 6) is -0.0984. The fraction of sp³-hybridized carbons (Fsp3) is 0.500. The van der Waals surface area contributed by atoms with Gasteiger partial charge in [0, 0.05) is 25.0 Å². The number of aliphatic hydroxyl groups is 1. The van der Waals surface area contributed by atoms with Gasteiger partial charge in [-0.3, -0.25) is 18.9 Å². The first-order valence-electron chi connectivity index (χ1n) is 10.2. The second-order valence-electron chi connectivity index (χ2n) is 8.25. The van der Waals surface area contributed by atoms with Crippen LogP contribution in [0.3, 0.4) is 0 Å². The summed E-state index contributed by atoms with van der Waals surface area (Å²) in [7, 11) is -3.70. The van der Waals surface area contributed by atoms with Crippen LogP contribution in [0.15, 0.2) is 52.2 Å². The third-order valence-electron chi connectivity index (χ3n) is 6.01. The molecule has 6 atom stereocenters.